The van der Waals surface area contributed by atoms with Crippen LogP contribution >= 0.6 is 15.9 Å². The molecule has 0 saturated heterocycles. The fourth-order valence-corrected chi connectivity index (χ4v) is 2.14. The van der Waals surface area contributed by atoms with Gasteiger partial charge in [0.15, 0.2) is 6.54 Å². The fraction of sp³-hybridized carbons (Fsp3) is 0.133. The van der Waals surface area contributed by atoms with E-state index in [1.54, 1.807) is 12.1 Å². The van der Waals surface area contributed by atoms with E-state index in [1.807, 2.05) is 29.6 Å². The highest BCUT2D eigenvalue weighted by molar-refractivity contribution is 9.10. The Morgan fingerprint density at radius 3 is 2.55 bits per heavy atom. The third kappa shape index (κ3) is 4.43. The Morgan fingerprint density at radius 2 is 1.85 bits per heavy atom. The van der Waals surface area contributed by atoms with Gasteiger partial charge in [0.1, 0.15) is 12.4 Å². The number of carbonyl (C=O) groups is 1. The molecule has 0 fully saturated rings. The number of nitrogens with two attached hydrogens (primary N) is 1. The summed E-state index contributed by atoms with van der Waals surface area (Å²) in [5, 5.41) is 4.70. The normalized spacial score (nSPS) is 10.3. The minimum atomic E-state index is -0.250. The van der Waals surface area contributed by atoms with Gasteiger partial charge in [0, 0.05) is 10.0 Å². The van der Waals surface area contributed by atoms with Gasteiger partial charge in [-0.1, -0.05) is 24.3 Å². The maximum Gasteiger partial charge on any atom is 0.279 e. The van der Waals surface area contributed by atoms with Crippen LogP contribution in [0.1, 0.15) is 5.56 Å². The van der Waals surface area contributed by atoms with Gasteiger partial charge in [0.2, 0.25) is 0 Å². The quantitative estimate of drug-likeness (QED) is 0.863. The van der Waals surface area contributed by atoms with Crippen LogP contribution in [-0.2, 0) is 11.3 Å². The number of anilines is 1. The van der Waals surface area contributed by atoms with Crippen molar-refractivity contribution in [1.82, 2.24) is 0 Å². The number of amides is 1. The predicted octanol–water partition coefficient (Wildman–Crippen LogP) is 2.29. The average molecular weight is 338 g/mol. The number of carbonyl (C=O) groups excluding carboxylic acids is 1. The zero-order valence-electron chi connectivity index (χ0n) is 10.8. The molecule has 0 heterocycles. The van der Waals surface area contributed by atoms with Gasteiger partial charge >= 0.3 is 0 Å². The van der Waals surface area contributed by atoms with Crippen molar-refractivity contribution < 1.29 is 14.5 Å². The summed E-state index contributed by atoms with van der Waals surface area (Å²) in [7, 11) is 0. The maximum absolute atomic E-state index is 12.7. The van der Waals surface area contributed by atoms with Crippen LogP contribution in [0.2, 0.25) is 0 Å². The van der Waals surface area contributed by atoms with E-state index < -0.39 is 0 Å². The van der Waals surface area contributed by atoms with Crippen molar-refractivity contribution >= 4 is 27.5 Å². The summed E-state index contributed by atoms with van der Waals surface area (Å²) in [6, 6.07) is 13.7. The molecule has 0 bridgehead atoms. The van der Waals surface area contributed by atoms with Crippen LogP contribution in [0.4, 0.5) is 10.1 Å². The molecule has 3 N–H and O–H groups in total. The Morgan fingerprint density at radius 1 is 1.15 bits per heavy atom. The van der Waals surface area contributed by atoms with Gasteiger partial charge < -0.3 is 10.6 Å². The molecule has 0 atom stereocenters. The monoisotopic (exact) mass is 337 g/mol. The minimum Gasteiger partial charge on any atom is -0.335 e. The van der Waals surface area contributed by atoms with Gasteiger partial charge in [-0.3, -0.25) is 4.79 Å². The van der Waals surface area contributed by atoms with Crippen LogP contribution in [0.5, 0.6) is 0 Å². The van der Waals surface area contributed by atoms with Crippen LogP contribution in [0, 0.1) is 5.82 Å². The van der Waals surface area contributed by atoms with E-state index in [9.17, 15) is 9.18 Å². The molecule has 20 heavy (non-hydrogen) atoms. The Hall–Kier alpha value is -1.72. The molecule has 3 nitrogen and oxygen atoms in total. The maximum atomic E-state index is 12.7. The summed E-state index contributed by atoms with van der Waals surface area (Å²) in [5.74, 6) is -0.320. The van der Waals surface area contributed by atoms with E-state index in [4.69, 9.17) is 0 Å². The number of quaternary nitrogens is 1. The second-order valence-electron chi connectivity index (χ2n) is 4.35. The Labute approximate surface area is 125 Å². The molecule has 0 radical (unpaired) electrons. The van der Waals surface area contributed by atoms with E-state index in [2.05, 4.69) is 21.2 Å². The second kappa shape index (κ2) is 7.17. The molecule has 5 heteroatoms. The van der Waals surface area contributed by atoms with Crippen molar-refractivity contribution in [2.45, 2.75) is 6.54 Å². The van der Waals surface area contributed by atoms with E-state index in [-0.39, 0.29) is 11.7 Å². The van der Waals surface area contributed by atoms with Gasteiger partial charge in [-0.05, 0) is 40.2 Å². The van der Waals surface area contributed by atoms with Crippen molar-refractivity contribution in [3.63, 3.8) is 0 Å². The molecule has 104 valence electrons. The lowest BCUT2D eigenvalue weighted by molar-refractivity contribution is -0.659. The summed E-state index contributed by atoms with van der Waals surface area (Å²) in [5.41, 5.74) is 1.74. The van der Waals surface area contributed by atoms with Crippen LogP contribution in [0.15, 0.2) is 53.0 Å². The van der Waals surface area contributed by atoms with Crippen molar-refractivity contribution in [2.24, 2.45) is 0 Å². The molecule has 2 aromatic rings. The van der Waals surface area contributed by atoms with E-state index in [1.165, 1.54) is 12.1 Å². The molecule has 0 aliphatic heterocycles. The highest BCUT2D eigenvalue weighted by Gasteiger charge is 2.06. The Kier molecular flexibility index (Phi) is 5.26. The highest BCUT2D eigenvalue weighted by atomic mass is 79.9. The molecule has 0 aliphatic carbocycles. The Balaban J connectivity index is 1.78. The molecular formula is C15H15BrFN2O+. The van der Waals surface area contributed by atoms with Gasteiger partial charge in [-0.15, -0.1) is 0 Å². The standard InChI is InChI=1S/C15H14BrFN2O/c16-13-3-1-2-4-14(13)19-15(20)10-18-9-11-5-7-12(17)8-6-11/h1-8,18H,9-10H2,(H,19,20)/p+1. The zero-order valence-corrected chi connectivity index (χ0v) is 12.4. The molecule has 0 unspecified atom stereocenters. The van der Waals surface area contributed by atoms with Crippen molar-refractivity contribution in [3.8, 4) is 0 Å². The first-order valence-electron chi connectivity index (χ1n) is 6.25. The lowest BCUT2D eigenvalue weighted by Gasteiger charge is -2.06. The molecule has 2 aromatic carbocycles. The largest absolute Gasteiger partial charge is 0.335 e. The first-order valence-corrected chi connectivity index (χ1v) is 7.05. The minimum absolute atomic E-state index is 0.0704. The van der Waals surface area contributed by atoms with Crippen LogP contribution in [0.3, 0.4) is 0 Å². The summed E-state index contributed by atoms with van der Waals surface area (Å²) >= 11 is 3.38. The summed E-state index contributed by atoms with van der Waals surface area (Å²) in [6.07, 6.45) is 0. The lowest BCUT2D eigenvalue weighted by atomic mass is 10.2. The van der Waals surface area contributed by atoms with Gasteiger partial charge in [0.05, 0.1) is 5.69 Å². The molecule has 0 saturated carbocycles. The molecule has 2 rings (SSSR count). The highest BCUT2D eigenvalue weighted by Crippen LogP contribution is 2.20. The number of benzene rings is 2. The summed E-state index contributed by atoms with van der Waals surface area (Å²) in [6.45, 7) is 0.961. The molecule has 0 spiro atoms. The summed E-state index contributed by atoms with van der Waals surface area (Å²) < 4.78 is 13.6. The Bertz CT molecular complexity index is 587. The van der Waals surface area contributed by atoms with Crippen LogP contribution in [0.25, 0.3) is 0 Å². The van der Waals surface area contributed by atoms with Crippen LogP contribution < -0.4 is 10.6 Å². The smallest absolute Gasteiger partial charge is 0.279 e. The summed E-state index contributed by atoms with van der Waals surface area (Å²) in [4.78, 5) is 11.8. The fourth-order valence-electron chi connectivity index (χ4n) is 1.75. The molecule has 0 aliphatic rings. The van der Waals surface area contributed by atoms with Gasteiger partial charge in [-0.2, -0.15) is 0 Å². The number of para-hydroxylation sites is 1. The first kappa shape index (κ1) is 14.7. The number of hydrogen-bond donors (Lipinski definition) is 2. The van der Waals surface area contributed by atoms with Crippen molar-refractivity contribution in [3.05, 3.63) is 64.4 Å². The number of halogens is 2. The topological polar surface area (TPSA) is 45.7 Å². The van der Waals surface area contributed by atoms with Crippen LogP contribution in [-0.4, -0.2) is 12.5 Å². The number of rotatable bonds is 5. The third-order valence-corrected chi connectivity index (χ3v) is 3.46. The van der Waals surface area contributed by atoms with E-state index >= 15 is 0 Å². The average Bonchev–Trinajstić information content (AvgIpc) is 2.44. The molecular weight excluding hydrogens is 323 g/mol. The number of hydrogen-bond acceptors (Lipinski definition) is 1. The third-order valence-electron chi connectivity index (χ3n) is 2.77. The van der Waals surface area contributed by atoms with Gasteiger partial charge in [-0.25, -0.2) is 4.39 Å². The van der Waals surface area contributed by atoms with Crippen molar-refractivity contribution in [1.29, 1.82) is 0 Å². The van der Waals surface area contributed by atoms with E-state index in [0.717, 1.165) is 15.7 Å². The second-order valence-corrected chi connectivity index (χ2v) is 5.21. The van der Waals surface area contributed by atoms with Crippen molar-refractivity contribution in [2.75, 3.05) is 11.9 Å². The SMILES string of the molecule is O=C(C[NH2+]Cc1ccc(F)cc1)Nc1ccccc1Br. The lowest BCUT2D eigenvalue weighted by Crippen LogP contribution is -2.84. The van der Waals surface area contributed by atoms with Gasteiger partial charge in [0.25, 0.3) is 5.91 Å². The predicted molar refractivity (Wildman–Crippen MR) is 79.7 cm³/mol. The zero-order chi connectivity index (χ0) is 14.4. The first-order chi connectivity index (χ1) is 9.65. The van der Waals surface area contributed by atoms with E-state index in [0.29, 0.717) is 13.1 Å². The molecule has 1 amide bonds. The molecule has 0 aromatic heterocycles. The number of nitrogens with one attached hydrogen (secondary N) is 1.